The van der Waals surface area contributed by atoms with Gasteiger partial charge in [0.1, 0.15) is 5.76 Å². The highest BCUT2D eigenvalue weighted by Gasteiger charge is 2.26. The Morgan fingerprint density at radius 1 is 1.35 bits per heavy atom. The number of carbonyl (C=O) groups excluding carboxylic acids is 1. The number of amides is 1. The van der Waals surface area contributed by atoms with E-state index in [9.17, 15) is 4.79 Å². The molecule has 1 aromatic rings. The highest BCUT2D eigenvalue weighted by atomic mass is 16.3. The number of furan rings is 1. The predicted octanol–water partition coefficient (Wildman–Crippen LogP) is 5.13. The molecule has 2 rings (SSSR count). The molecule has 3 heteroatoms. The maximum absolute atomic E-state index is 11.5. The zero-order valence-corrected chi connectivity index (χ0v) is 14.8. The highest BCUT2D eigenvalue weighted by molar-refractivity contribution is 5.91. The molecule has 124 valence electrons. The Morgan fingerprint density at radius 3 is 2.74 bits per heavy atom. The van der Waals surface area contributed by atoms with Crippen molar-refractivity contribution in [1.82, 2.24) is 5.32 Å². The van der Waals surface area contributed by atoms with E-state index in [4.69, 9.17) is 4.42 Å². The lowest BCUT2D eigenvalue weighted by atomic mass is 9.72. The molecule has 1 aliphatic carbocycles. The van der Waals surface area contributed by atoms with Gasteiger partial charge in [0.05, 0.1) is 0 Å². The summed E-state index contributed by atoms with van der Waals surface area (Å²) >= 11 is 0. The van der Waals surface area contributed by atoms with Crippen molar-refractivity contribution in [3.8, 4) is 0 Å². The molecule has 0 aliphatic heterocycles. The maximum atomic E-state index is 11.5. The number of hydrogen-bond donors (Lipinski definition) is 1. The molecule has 0 spiro atoms. The minimum absolute atomic E-state index is 0.206. The molecule has 0 fully saturated rings. The fourth-order valence-corrected chi connectivity index (χ4v) is 3.17. The van der Waals surface area contributed by atoms with Gasteiger partial charge >= 0.3 is 0 Å². The number of nitrogens with one attached hydrogen (secondary N) is 1. The fraction of sp³-hybridized carbons (Fsp3) is 0.450. The van der Waals surface area contributed by atoms with Crippen LogP contribution in [0.15, 0.2) is 45.4 Å². The second kappa shape index (κ2) is 7.03. The third-order valence-corrected chi connectivity index (χ3v) is 4.50. The SMILES string of the molecule is CNC(=O)c1ccc(C=C(C)C=CC2=C(C)CCCC2(C)C)o1. The zero-order chi connectivity index (χ0) is 17.0. The summed E-state index contributed by atoms with van der Waals surface area (Å²) < 4.78 is 5.53. The molecule has 1 aromatic heterocycles. The van der Waals surface area contributed by atoms with Crippen molar-refractivity contribution in [2.24, 2.45) is 5.41 Å². The summed E-state index contributed by atoms with van der Waals surface area (Å²) in [6, 6.07) is 3.51. The first-order chi connectivity index (χ1) is 10.8. The van der Waals surface area contributed by atoms with Crippen molar-refractivity contribution >= 4 is 12.0 Å². The fourth-order valence-electron chi connectivity index (χ4n) is 3.17. The minimum atomic E-state index is -0.206. The third kappa shape index (κ3) is 4.25. The van der Waals surface area contributed by atoms with Crippen molar-refractivity contribution in [1.29, 1.82) is 0 Å². The normalized spacial score (nSPS) is 18.6. The van der Waals surface area contributed by atoms with Crippen LogP contribution in [0.25, 0.3) is 6.08 Å². The average Bonchev–Trinajstić information content (AvgIpc) is 2.93. The summed E-state index contributed by atoms with van der Waals surface area (Å²) in [5.74, 6) is 0.824. The second-order valence-corrected chi connectivity index (χ2v) is 6.93. The molecule has 1 amide bonds. The number of hydrogen-bond acceptors (Lipinski definition) is 2. The lowest BCUT2D eigenvalue weighted by molar-refractivity contribution is 0.0935. The Kier molecular flexibility index (Phi) is 5.30. The molecule has 0 saturated carbocycles. The largest absolute Gasteiger partial charge is 0.452 e. The van der Waals surface area contributed by atoms with Crippen LogP contribution in [-0.4, -0.2) is 13.0 Å². The van der Waals surface area contributed by atoms with Crippen LogP contribution in [0.5, 0.6) is 0 Å². The molecule has 1 N–H and O–H groups in total. The Hall–Kier alpha value is -2.03. The first-order valence-electron chi connectivity index (χ1n) is 8.22. The van der Waals surface area contributed by atoms with Crippen molar-refractivity contribution < 1.29 is 9.21 Å². The van der Waals surface area contributed by atoms with E-state index in [1.807, 2.05) is 19.1 Å². The highest BCUT2D eigenvalue weighted by Crippen LogP contribution is 2.40. The van der Waals surface area contributed by atoms with Gasteiger partial charge in [0, 0.05) is 7.05 Å². The van der Waals surface area contributed by atoms with E-state index in [-0.39, 0.29) is 11.3 Å². The molecule has 0 saturated heterocycles. The van der Waals surface area contributed by atoms with Gasteiger partial charge in [0.2, 0.25) is 0 Å². The summed E-state index contributed by atoms with van der Waals surface area (Å²) in [6.07, 6.45) is 10.0. The van der Waals surface area contributed by atoms with Crippen molar-refractivity contribution in [2.45, 2.75) is 47.0 Å². The number of rotatable bonds is 4. The van der Waals surface area contributed by atoms with Crippen molar-refractivity contribution in [3.63, 3.8) is 0 Å². The standard InChI is InChI=1S/C20H27NO2/c1-14(13-16-9-11-18(23-16)19(22)21-5)8-10-17-15(2)7-6-12-20(17,3)4/h8-11,13H,6-7,12H2,1-5H3,(H,21,22). The van der Waals surface area contributed by atoms with Crippen LogP contribution in [-0.2, 0) is 0 Å². The van der Waals surface area contributed by atoms with E-state index in [2.05, 4.69) is 38.2 Å². The lowest BCUT2D eigenvalue weighted by Crippen LogP contribution is -2.19. The molecule has 0 bridgehead atoms. The lowest BCUT2D eigenvalue weighted by Gasteiger charge is -2.32. The van der Waals surface area contributed by atoms with E-state index in [1.165, 1.54) is 30.4 Å². The monoisotopic (exact) mass is 313 g/mol. The Morgan fingerprint density at radius 2 is 2.09 bits per heavy atom. The maximum Gasteiger partial charge on any atom is 0.286 e. The molecule has 0 aromatic carbocycles. The van der Waals surface area contributed by atoms with Crippen LogP contribution in [0.2, 0.25) is 0 Å². The third-order valence-electron chi connectivity index (χ3n) is 4.50. The Labute approximate surface area is 139 Å². The van der Waals surface area contributed by atoms with Crippen LogP contribution in [0.4, 0.5) is 0 Å². The summed E-state index contributed by atoms with van der Waals surface area (Å²) in [5.41, 5.74) is 4.28. The first kappa shape index (κ1) is 17.3. The Bertz CT molecular complexity index is 672. The van der Waals surface area contributed by atoms with E-state index in [1.54, 1.807) is 13.1 Å². The molecule has 3 nitrogen and oxygen atoms in total. The van der Waals surface area contributed by atoms with Gasteiger partial charge < -0.3 is 9.73 Å². The van der Waals surface area contributed by atoms with Gasteiger partial charge in [0.25, 0.3) is 5.91 Å². The van der Waals surface area contributed by atoms with Gasteiger partial charge in [-0.1, -0.05) is 31.6 Å². The smallest absolute Gasteiger partial charge is 0.286 e. The van der Waals surface area contributed by atoms with Gasteiger partial charge in [0.15, 0.2) is 5.76 Å². The van der Waals surface area contributed by atoms with Crippen molar-refractivity contribution in [3.05, 3.63) is 52.5 Å². The Balaban J connectivity index is 2.16. The average molecular weight is 313 g/mol. The van der Waals surface area contributed by atoms with E-state index >= 15 is 0 Å². The quantitative estimate of drug-likeness (QED) is 0.783. The van der Waals surface area contributed by atoms with E-state index in [0.29, 0.717) is 11.5 Å². The van der Waals surface area contributed by atoms with Gasteiger partial charge in [-0.05, 0) is 67.9 Å². The molecule has 0 atom stereocenters. The number of carbonyl (C=O) groups is 1. The molecule has 1 heterocycles. The molecule has 23 heavy (non-hydrogen) atoms. The van der Waals surface area contributed by atoms with Crippen LogP contribution in [0, 0.1) is 5.41 Å². The van der Waals surface area contributed by atoms with E-state index in [0.717, 1.165) is 5.57 Å². The topological polar surface area (TPSA) is 42.2 Å². The zero-order valence-electron chi connectivity index (χ0n) is 14.8. The molecule has 0 unspecified atom stereocenters. The molecular formula is C20H27NO2. The van der Waals surface area contributed by atoms with Gasteiger partial charge in [-0.15, -0.1) is 0 Å². The van der Waals surface area contributed by atoms with Gasteiger partial charge in [-0.2, -0.15) is 0 Å². The minimum Gasteiger partial charge on any atom is -0.452 e. The molecule has 1 aliphatic rings. The summed E-state index contributed by atoms with van der Waals surface area (Å²) in [4.78, 5) is 11.5. The van der Waals surface area contributed by atoms with Crippen LogP contribution in [0.1, 0.15) is 63.3 Å². The van der Waals surface area contributed by atoms with Gasteiger partial charge in [-0.25, -0.2) is 0 Å². The number of allylic oxidation sites excluding steroid dienone is 5. The first-order valence-corrected chi connectivity index (χ1v) is 8.22. The summed E-state index contributed by atoms with van der Waals surface area (Å²) in [7, 11) is 1.59. The van der Waals surface area contributed by atoms with Gasteiger partial charge in [-0.3, -0.25) is 4.79 Å². The van der Waals surface area contributed by atoms with Crippen LogP contribution < -0.4 is 5.32 Å². The predicted molar refractivity (Wildman–Crippen MR) is 95.2 cm³/mol. The summed E-state index contributed by atoms with van der Waals surface area (Å²) in [5, 5.41) is 2.56. The molecular weight excluding hydrogens is 286 g/mol. The second-order valence-electron chi connectivity index (χ2n) is 6.93. The van der Waals surface area contributed by atoms with E-state index < -0.39 is 0 Å². The van der Waals surface area contributed by atoms with Crippen molar-refractivity contribution in [2.75, 3.05) is 7.05 Å². The molecule has 0 radical (unpaired) electrons. The van der Waals surface area contributed by atoms with Crippen LogP contribution >= 0.6 is 0 Å². The summed E-state index contributed by atoms with van der Waals surface area (Å²) in [6.45, 7) is 8.92. The van der Waals surface area contributed by atoms with Crippen LogP contribution in [0.3, 0.4) is 0 Å².